The maximum atomic E-state index is 12.8. The lowest BCUT2D eigenvalue weighted by Gasteiger charge is -2.27. The van der Waals surface area contributed by atoms with Crippen LogP contribution in [0.4, 0.5) is 0 Å². The topological polar surface area (TPSA) is 110 Å². The van der Waals surface area contributed by atoms with Gasteiger partial charge >= 0.3 is 5.97 Å². The molecule has 0 aliphatic carbocycles. The summed E-state index contributed by atoms with van der Waals surface area (Å²) in [6.45, 7) is 3.35. The van der Waals surface area contributed by atoms with E-state index in [4.69, 9.17) is 9.84 Å². The third kappa shape index (κ3) is 3.67. The molecule has 1 heterocycles. The van der Waals surface area contributed by atoms with Crippen LogP contribution in [0.3, 0.4) is 0 Å². The SMILES string of the molecule is CCC(C)N(CC(=O)O)C(=O)c1ccc(OC)c(-n2cnnn2)c1. The molecule has 0 saturated heterocycles. The Labute approximate surface area is 138 Å². The van der Waals surface area contributed by atoms with Gasteiger partial charge in [-0.2, -0.15) is 4.68 Å². The third-order valence-corrected chi connectivity index (χ3v) is 3.71. The molecule has 9 heteroatoms. The number of benzene rings is 1. The summed E-state index contributed by atoms with van der Waals surface area (Å²) in [6.07, 6.45) is 2.03. The zero-order valence-electron chi connectivity index (χ0n) is 13.7. The number of aromatic nitrogens is 4. The summed E-state index contributed by atoms with van der Waals surface area (Å²) in [4.78, 5) is 25.2. The van der Waals surface area contributed by atoms with Crippen molar-refractivity contribution in [3.63, 3.8) is 0 Å². The fourth-order valence-corrected chi connectivity index (χ4v) is 2.23. The van der Waals surface area contributed by atoms with Crippen LogP contribution >= 0.6 is 0 Å². The minimum Gasteiger partial charge on any atom is -0.494 e. The molecule has 0 bridgehead atoms. The van der Waals surface area contributed by atoms with Gasteiger partial charge in [0.25, 0.3) is 5.91 Å². The normalized spacial score (nSPS) is 11.8. The molecule has 24 heavy (non-hydrogen) atoms. The second kappa shape index (κ2) is 7.53. The van der Waals surface area contributed by atoms with E-state index < -0.39 is 5.97 Å². The van der Waals surface area contributed by atoms with E-state index in [0.29, 0.717) is 23.4 Å². The number of hydrogen-bond acceptors (Lipinski definition) is 6. The lowest BCUT2D eigenvalue weighted by Crippen LogP contribution is -2.41. The van der Waals surface area contributed by atoms with Gasteiger partial charge in [0.15, 0.2) is 0 Å². The number of carboxylic acids is 1. The first-order valence-electron chi connectivity index (χ1n) is 7.42. The smallest absolute Gasteiger partial charge is 0.323 e. The van der Waals surface area contributed by atoms with Gasteiger partial charge in [-0.05, 0) is 42.0 Å². The van der Waals surface area contributed by atoms with E-state index in [2.05, 4.69) is 15.5 Å². The highest BCUT2D eigenvalue weighted by atomic mass is 16.5. The molecule has 0 saturated carbocycles. The van der Waals surface area contributed by atoms with Crippen molar-refractivity contribution in [1.29, 1.82) is 0 Å². The largest absolute Gasteiger partial charge is 0.494 e. The van der Waals surface area contributed by atoms with Gasteiger partial charge in [0.1, 0.15) is 24.3 Å². The average molecular weight is 333 g/mol. The number of aliphatic carboxylic acids is 1. The van der Waals surface area contributed by atoms with Crippen molar-refractivity contribution < 1.29 is 19.4 Å². The van der Waals surface area contributed by atoms with Gasteiger partial charge < -0.3 is 14.7 Å². The van der Waals surface area contributed by atoms with Crippen molar-refractivity contribution in [2.24, 2.45) is 0 Å². The van der Waals surface area contributed by atoms with E-state index in [1.807, 2.05) is 13.8 Å². The maximum absolute atomic E-state index is 12.8. The summed E-state index contributed by atoms with van der Waals surface area (Å²) >= 11 is 0. The van der Waals surface area contributed by atoms with E-state index in [1.165, 1.54) is 23.0 Å². The molecule has 9 nitrogen and oxygen atoms in total. The Morgan fingerprint density at radius 2 is 2.17 bits per heavy atom. The van der Waals surface area contributed by atoms with Gasteiger partial charge in [0.05, 0.1) is 7.11 Å². The highest BCUT2D eigenvalue weighted by Gasteiger charge is 2.24. The quantitative estimate of drug-likeness (QED) is 0.804. The number of tetrazole rings is 1. The number of nitrogens with zero attached hydrogens (tertiary/aromatic N) is 5. The Balaban J connectivity index is 2.41. The second-order valence-corrected chi connectivity index (χ2v) is 5.23. The first kappa shape index (κ1) is 17.4. The molecule has 2 rings (SSSR count). The molecule has 0 spiro atoms. The van der Waals surface area contributed by atoms with Crippen LogP contribution in [0.15, 0.2) is 24.5 Å². The summed E-state index contributed by atoms with van der Waals surface area (Å²) in [5.74, 6) is -0.936. The van der Waals surface area contributed by atoms with Crippen molar-refractivity contribution in [3.05, 3.63) is 30.1 Å². The minimum atomic E-state index is -1.06. The molecule has 1 unspecified atom stereocenters. The predicted octanol–water partition coefficient (Wildman–Crippen LogP) is 0.996. The van der Waals surface area contributed by atoms with E-state index in [9.17, 15) is 9.59 Å². The molecule has 0 aliphatic heterocycles. The van der Waals surface area contributed by atoms with Crippen LogP contribution in [-0.2, 0) is 4.79 Å². The Kier molecular flexibility index (Phi) is 5.46. The second-order valence-electron chi connectivity index (χ2n) is 5.23. The number of rotatable bonds is 7. The number of ether oxygens (including phenoxy) is 1. The van der Waals surface area contributed by atoms with Crippen LogP contribution in [0.5, 0.6) is 5.75 Å². The summed E-state index contributed by atoms with van der Waals surface area (Å²) in [6, 6.07) is 4.59. The fraction of sp³-hybridized carbons (Fsp3) is 0.400. The van der Waals surface area contributed by atoms with Crippen LogP contribution in [0.25, 0.3) is 5.69 Å². The lowest BCUT2D eigenvalue weighted by molar-refractivity contribution is -0.138. The van der Waals surface area contributed by atoms with Crippen LogP contribution < -0.4 is 4.74 Å². The number of carbonyl (C=O) groups excluding carboxylic acids is 1. The van der Waals surface area contributed by atoms with Gasteiger partial charge in [-0.1, -0.05) is 6.92 Å². The summed E-state index contributed by atoms with van der Waals surface area (Å²) in [5.41, 5.74) is 0.829. The molecule has 2 aromatic rings. The van der Waals surface area contributed by atoms with Crippen LogP contribution in [-0.4, -0.2) is 61.8 Å². The van der Waals surface area contributed by atoms with Crippen molar-refractivity contribution in [3.8, 4) is 11.4 Å². The first-order chi connectivity index (χ1) is 11.5. The third-order valence-electron chi connectivity index (χ3n) is 3.71. The molecule has 1 aromatic carbocycles. The molecular formula is C15H19N5O4. The Morgan fingerprint density at radius 1 is 1.42 bits per heavy atom. The number of amides is 1. The number of carbonyl (C=O) groups is 2. The molecular weight excluding hydrogens is 314 g/mol. The zero-order valence-corrected chi connectivity index (χ0v) is 13.7. The van der Waals surface area contributed by atoms with Crippen LogP contribution in [0.2, 0.25) is 0 Å². The number of carboxylic acid groups (broad SMARTS) is 1. The van der Waals surface area contributed by atoms with E-state index >= 15 is 0 Å². The molecule has 128 valence electrons. The standard InChI is InChI=1S/C15H19N5O4/c1-4-10(2)19(8-14(21)22)15(23)11-5-6-13(24-3)12(7-11)20-9-16-17-18-20/h5-7,9-10H,4,8H2,1-3H3,(H,21,22). The van der Waals surface area contributed by atoms with Gasteiger partial charge in [0.2, 0.25) is 0 Å². The molecule has 0 fully saturated rings. The number of hydrogen-bond donors (Lipinski definition) is 1. The fourth-order valence-electron chi connectivity index (χ4n) is 2.23. The van der Waals surface area contributed by atoms with Gasteiger partial charge in [0, 0.05) is 11.6 Å². The highest BCUT2D eigenvalue weighted by Crippen LogP contribution is 2.24. The van der Waals surface area contributed by atoms with Crippen LogP contribution in [0, 0.1) is 0 Å². The van der Waals surface area contributed by atoms with E-state index in [-0.39, 0.29) is 18.5 Å². The molecule has 1 N–H and O–H groups in total. The Morgan fingerprint density at radius 3 is 2.71 bits per heavy atom. The van der Waals surface area contributed by atoms with Gasteiger partial charge in [-0.15, -0.1) is 5.10 Å². The molecule has 0 aliphatic rings. The minimum absolute atomic E-state index is 0.202. The Hall–Kier alpha value is -2.97. The lowest BCUT2D eigenvalue weighted by atomic mass is 10.1. The zero-order chi connectivity index (χ0) is 17.7. The van der Waals surface area contributed by atoms with E-state index in [0.717, 1.165) is 0 Å². The summed E-state index contributed by atoms with van der Waals surface area (Å²) < 4.78 is 6.64. The van der Waals surface area contributed by atoms with Crippen molar-refractivity contribution in [2.75, 3.05) is 13.7 Å². The monoisotopic (exact) mass is 333 g/mol. The van der Waals surface area contributed by atoms with E-state index in [1.54, 1.807) is 18.2 Å². The molecule has 1 aromatic heterocycles. The van der Waals surface area contributed by atoms with Crippen molar-refractivity contribution >= 4 is 11.9 Å². The van der Waals surface area contributed by atoms with Crippen LogP contribution in [0.1, 0.15) is 30.6 Å². The predicted molar refractivity (Wildman–Crippen MR) is 84.1 cm³/mol. The molecule has 1 amide bonds. The molecule has 0 radical (unpaired) electrons. The van der Waals surface area contributed by atoms with Gasteiger partial charge in [-0.3, -0.25) is 9.59 Å². The Bertz CT molecular complexity index is 717. The number of methoxy groups -OCH3 is 1. The highest BCUT2D eigenvalue weighted by molar-refractivity contribution is 5.96. The molecule has 1 atom stereocenters. The summed E-state index contributed by atoms with van der Waals surface area (Å²) in [5, 5.41) is 20.0. The summed E-state index contributed by atoms with van der Waals surface area (Å²) in [7, 11) is 1.50. The van der Waals surface area contributed by atoms with Crippen molar-refractivity contribution in [1.82, 2.24) is 25.1 Å². The van der Waals surface area contributed by atoms with Crippen molar-refractivity contribution in [2.45, 2.75) is 26.3 Å². The average Bonchev–Trinajstić information content (AvgIpc) is 3.12. The maximum Gasteiger partial charge on any atom is 0.323 e. The van der Waals surface area contributed by atoms with Gasteiger partial charge in [-0.25, -0.2) is 0 Å². The first-order valence-corrected chi connectivity index (χ1v) is 7.42.